The van der Waals surface area contributed by atoms with Gasteiger partial charge >= 0.3 is 5.97 Å². The molecule has 1 saturated carbocycles. The molecule has 1 aromatic carbocycles. The minimum atomic E-state index is -0.0851. The molecule has 0 spiro atoms. The maximum absolute atomic E-state index is 11.8. The molecular weight excluding hydrogens is 335 g/mol. The van der Waals surface area contributed by atoms with Crippen molar-refractivity contribution >= 4 is 40.1 Å². The summed E-state index contributed by atoms with van der Waals surface area (Å²) in [7, 11) is 0. The first-order valence-electron chi connectivity index (χ1n) is 7.87. The van der Waals surface area contributed by atoms with Crippen LogP contribution in [0.5, 0.6) is 0 Å². The number of rotatable bonds is 3. The number of hydrogen-bond acceptors (Lipinski definition) is 4. The fourth-order valence-corrected chi connectivity index (χ4v) is 3.52. The summed E-state index contributed by atoms with van der Waals surface area (Å²) in [6.07, 6.45) is 3.37. The van der Waals surface area contributed by atoms with Gasteiger partial charge in [0.05, 0.1) is 18.0 Å². The zero-order valence-corrected chi connectivity index (χ0v) is 14.4. The Morgan fingerprint density at radius 1 is 1.22 bits per heavy atom. The third-order valence-electron chi connectivity index (χ3n) is 4.34. The highest BCUT2D eigenvalue weighted by Gasteiger charge is 2.29. The van der Waals surface area contributed by atoms with Gasteiger partial charge in [0, 0.05) is 16.3 Å². The Hall–Kier alpha value is -1.39. The van der Waals surface area contributed by atoms with Crippen LogP contribution < -0.4 is 0 Å². The number of esters is 1. The summed E-state index contributed by atoms with van der Waals surface area (Å²) in [6, 6.07) is 5.44. The van der Waals surface area contributed by atoms with Crippen molar-refractivity contribution in [3.05, 3.63) is 34.2 Å². The fourth-order valence-electron chi connectivity index (χ4n) is 3.11. The molecule has 1 heterocycles. The lowest BCUT2D eigenvalue weighted by atomic mass is 9.81. The molecule has 122 valence electrons. The lowest BCUT2D eigenvalue weighted by Gasteiger charge is -2.26. The van der Waals surface area contributed by atoms with E-state index in [4.69, 9.17) is 27.9 Å². The molecule has 0 saturated heterocycles. The minimum absolute atomic E-state index is 0.000866. The largest absolute Gasteiger partial charge is 0.466 e. The highest BCUT2D eigenvalue weighted by atomic mass is 35.5. The highest BCUT2D eigenvalue weighted by molar-refractivity contribution is 6.35. The minimum Gasteiger partial charge on any atom is -0.466 e. The SMILES string of the molecule is CCOC(=O)[C@H]1CC[C@H](c2nc(Cl)c3cc(Cl)ccc3n2)CC1. The summed E-state index contributed by atoms with van der Waals surface area (Å²) in [5, 5.41) is 1.81. The maximum atomic E-state index is 11.8. The lowest BCUT2D eigenvalue weighted by Crippen LogP contribution is -2.23. The van der Waals surface area contributed by atoms with E-state index < -0.39 is 0 Å². The van der Waals surface area contributed by atoms with E-state index in [0.717, 1.165) is 42.4 Å². The van der Waals surface area contributed by atoms with Gasteiger partial charge in [-0.2, -0.15) is 0 Å². The molecular formula is C17H18Cl2N2O2. The predicted octanol–water partition coefficient (Wildman–Crippen LogP) is 4.77. The van der Waals surface area contributed by atoms with Gasteiger partial charge < -0.3 is 4.74 Å². The van der Waals surface area contributed by atoms with Crippen molar-refractivity contribution in [2.75, 3.05) is 6.61 Å². The van der Waals surface area contributed by atoms with Crippen LogP contribution in [0.1, 0.15) is 44.3 Å². The number of ether oxygens (including phenoxy) is 1. The number of aromatic nitrogens is 2. The Morgan fingerprint density at radius 2 is 1.96 bits per heavy atom. The number of carbonyl (C=O) groups excluding carboxylic acids is 1. The number of halogens is 2. The van der Waals surface area contributed by atoms with Crippen molar-refractivity contribution in [3.8, 4) is 0 Å². The third kappa shape index (κ3) is 3.59. The van der Waals surface area contributed by atoms with Crippen molar-refractivity contribution in [1.82, 2.24) is 9.97 Å². The zero-order chi connectivity index (χ0) is 16.4. The number of benzene rings is 1. The van der Waals surface area contributed by atoms with Crippen molar-refractivity contribution < 1.29 is 9.53 Å². The molecule has 23 heavy (non-hydrogen) atoms. The second-order valence-corrected chi connectivity index (χ2v) is 6.63. The molecule has 0 bridgehead atoms. The average Bonchev–Trinajstić information content (AvgIpc) is 2.56. The molecule has 3 rings (SSSR count). The average molecular weight is 353 g/mol. The van der Waals surface area contributed by atoms with Crippen LogP contribution in [-0.2, 0) is 9.53 Å². The molecule has 1 aromatic heterocycles. The van der Waals surface area contributed by atoms with Gasteiger partial charge in [-0.1, -0.05) is 23.2 Å². The molecule has 2 aromatic rings. The second-order valence-electron chi connectivity index (χ2n) is 5.83. The normalized spacial score (nSPS) is 21.3. The van der Waals surface area contributed by atoms with Crippen molar-refractivity contribution in [2.45, 2.75) is 38.5 Å². The molecule has 1 aliphatic carbocycles. The Balaban J connectivity index is 1.77. The molecule has 0 N–H and O–H groups in total. The topological polar surface area (TPSA) is 52.1 Å². The molecule has 1 aliphatic rings. The van der Waals surface area contributed by atoms with Crippen LogP contribution in [0.15, 0.2) is 18.2 Å². The van der Waals surface area contributed by atoms with E-state index in [1.165, 1.54) is 0 Å². The first-order chi connectivity index (χ1) is 11.1. The van der Waals surface area contributed by atoms with E-state index in [2.05, 4.69) is 9.97 Å². The summed E-state index contributed by atoms with van der Waals surface area (Å²) in [5.41, 5.74) is 0.803. The maximum Gasteiger partial charge on any atom is 0.308 e. The Kier molecular flexibility index (Phi) is 5.02. The molecule has 0 amide bonds. The van der Waals surface area contributed by atoms with E-state index in [0.29, 0.717) is 16.8 Å². The summed E-state index contributed by atoms with van der Waals surface area (Å²) in [5.74, 6) is 0.907. The summed E-state index contributed by atoms with van der Waals surface area (Å²) in [6.45, 7) is 2.27. The van der Waals surface area contributed by atoms with Crippen LogP contribution in [-0.4, -0.2) is 22.5 Å². The monoisotopic (exact) mass is 352 g/mol. The van der Waals surface area contributed by atoms with E-state index in [9.17, 15) is 4.79 Å². The fraction of sp³-hybridized carbons (Fsp3) is 0.471. The van der Waals surface area contributed by atoms with E-state index >= 15 is 0 Å². The summed E-state index contributed by atoms with van der Waals surface area (Å²) < 4.78 is 5.11. The van der Waals surface area contributed by atoms with Crippen LogP contribution in [0.2, 0.25) is 10.2 Å². The van der Waals surface area contributed by atoms with Crippen LogP contribution in [0.3, 0.4) is 0 Å². The molecule has 1 fully saturated rings. The van der Waals surface area contributed by atoms with Crippen LogP contribution in [0.4, 0.5) is 0 Å². The molecule has 0 radical (unpaired) electrons. The van der Waals surface area contributed by atoms with Gasteiger partial charge in [0.25, 0.3) is 0 Å². The first-order valence-corrected chi connectivity index (χ1v) is 8.63. The van der Waals surface area contributed by atoms with Gasteiger partial charge in [0.15, 0.2) is 0 Å². The highest BCUT2D eigenvalue weighted by Crippen LogP contribution is 2.36. The van der Waals surface area contributed by atoms with Crippen molar-refractivity contribution in [2.24, 2.45) is 5.92 Å². The molecule has 0 atom stereocenters. The standard InChI is InChI=1S/C17H18Cl2N2O2/c1-2-23-17(22)11-5-3-10(4-6-11)16-20-14-8-7-12(18)9-13(14)15(19)21-16/h7-11H,2-6H2,1H3/t10-,11-. The van der Waals surface area contributed by atoms with Crippen molar-refractivity contribution in [3.63, 3.8) is 0 Å². The Morgan fingerprint density at radius 3 is 2.65 bits per heavy atom. The lowest BCUT2D eigenvalue weighted by molar-refractivity contribution is -0.149. The van der Waals surface area contributed by atoms with E-state index in [1.54, 1.807) is 12.1 Å². The molecule has 0 aliphatic heterocycles. The van der Waals surface area contributed by atoms with Crippen LogP contribution in [0, 0.1) is 5.92 Å². The number of carbonyl (C=O) groups is 1. The van der Waals surface area contributed by atoms with Gasteiger partial charge in [-0.15, -0.1) is 0 Å². The van der Waals surface area contributed by atoms with Gasteiger partial charge in [0.1, 0.15) is 11.0 Å². The second kappa shape index (κ2) is 7.02. The number of fused-ring (bicyclic) bond motifs is 1. The quantitative estimate of drug-likeness (QED) is 0.589. The zero-order valence-electron chi connectivity index (χ0n) is 12.9. The predicted molar refractivity (Wildman–Crippen MR) is 90.9 cm³/mol. The third-order valence-corrected chi connectivity index (χ3v) is 4.86. The Bertz CT molecular complexity index is 728. The van der Waals surface area contributed by atoms with Gasteiger partial charge in [-0.25, -0.2) is 9.97 Å². The van der Waals surface area contributed by atoms with Gasteiger partial charge in [-0.3, -0.25) is 4.79 Å². The number of nitrogens with zero attached hydrogens (tertiary/aromatic N) is 2. The summed E-state index contributed by atoms with van der Waals surface area (Å²) >= 11 is 12.3. The first kappa shape index (κ1) is 16.5. The molecule has 6 heteroatoms. The van der Waals surface area contributed by atoms with Gasteiger partial charge in [-0.05, 0) is 50.8 Å². The summed E-state index contributed by atoms with van der Waals surface area (Å²) in [4.78, 5) is 20.9. The van der Waals surface area contributed by atoms with Crippen LogP contribution in [0.25, 0.3) is 10.9 Å². The van der Waals surface area contributed by atoms with E-state index in [-0.39, 0.29) is 17.8 Å². The van der Waals surface area contributed by atoms with Crippen molar-refractivity contribution in [1.29, 1.82) is 0 Å². The smallest absolute Gasteiger partial charge is 0.308 e. The number of hydrogen-bond donors (Lipinski definition) is 0. The van der Waals surface area contributed by atoms with Crippen LogP contribution >= 0.6 is 23.2 Å². The van der Waals surface area contributed by atoms with E-state index in [1.807, 2.05) is 13.0 Å². The molecule has 0 unspecified atom stereocenters. The van der Waals surface area contributed by atoms with Gasteiger partial charge in [0.2, 0.25) is 0 Å². The molecule has 4 nitrogen and oxygen atoms in total. The Labute approximate surface area is 145 Å².